The molecule has 4 rings (SSSR count). The van der Waals surface area contributed by atoms with E-state index in [4.69, 9.17) is 21.1 Å². The number of hydrogen-bond donors (Lipinski definition) is 3. The standard InChI is InChI=1S/C23H27ClIN3O4S/c1-22(2)8-14-17(19(29)26-9-13-10-31-23(3,4)32-13)21(33-18(14)20(30)27-11-22)28-16-6-5-12(25)7-15(16)24/h5-7,13,28H,8-11H2,1-4H3,(H,26,29)(H,27,30). The molecule has 2 aliphatic heterocycles. The van der Waals surface area contributed by atoms with Crippen LogP contribution < -0.4 is 16.0 Å². The maximum Gasteiger partial charge on any atom is 0.261 e. The lowest BCUT2D eigenvalue weighted by molar-refractivity contribution is -0.137. The van der Waals surface area contributed by atoms with Gasteiger partial charge in [-0.25, -0.2) is 0 Å². The summed E-state index contributed by atoms with van der Waals surface area (Å²) in [6.07, 6.45) is 0.362. The summed E-state index contributed by atoms with van der Waals surface area (Å²) in [4.78, 5) is 26.9. The molecule has 1 atom stereocenters. The van der Waals surface area contributed by atoms with E-state index in [0.29, 0.717) is 52.3 Å². The van der Waals surface area contributed by atoms with Gasteiger partial charge in [-0.15, -0.1) is 11.3 Å². The van der Waals surface area contributed by atoms with Crippen LogP contribution in [0.15, 0.2) is 18.2 Å². The fourth-order valence-electron chi connectivity index (χ4n) is 3.96. The molecule has 178 valence electrons. The van der Waals surface area contributed by atoms with Gasteiger partial charge in [0.15, 0.2) is 5.79 Å². The molecule has 3 heterocycles. The number of anilines is 2. The molecule has 1 aromatic carbocycles. The Hall–Kier alpha value is -1.40. The molecule has 0 saturated carbocycles. The Balaban J connectivity index is 1.68. The van der Waals surface area contributed by atoms with E-state index in [9.17, 15) is 9.59 Å². The van der Waals surface area contributed by atoms with Crippen LogP contribution in [-0.2, 0) is 15.9 Å². The molecule has 1 saturated heterocycles. The number of benzene rings is 1. The molecule has 0 radical (unpaired) electrons. The average Bonchev–Trinajstić information content (AvgIpc) is 3.22. The van der Waals surface area contributed by atoms with E-state index >= 15 is 0 Å². The Morgan fingerprint density at radius 1 is 1.33 bits per heavy atom. The van der Waals surface area contributed by atoms with Crippen molar-refractivity contribution in [2.75, 3.05) is 25.0 Å². The predicted molar refractivity (Wildman–Crippen MR) is 139 cm³/mol. The summed E-state index contributed by atoms with van der Waals surface area (Å²) >= 11 is 9.91. The van der Waals surface area contributed by atoms with E-state index in [1.54, 1.807) is 0 Å². The highest BCUT2D eigenvalue weighted by atomic mass is 127. The first-order valence-electron chi connectivity index (χ1n) is 10.7. The molecule has 7 nitrogen and oxygen atoms in total. The number of carbonyl (C=O) groups excluding carboxylic acids is 2. The van der Waals surface area contributed by atoms with E-state index in [1.165, 1.54) is 11.3 Å². The molecule has 2 aromatic rings. The van der Waals surface area contributed by atoms with E-state index in [-0.39, 0.29) is 23.3 Å². The zero-order valence-corrected chi connectivity index (χ0v) is 22.7. The Bertz CT molecular complexity index is 1100. The Kier molecular flexibility index (Phi) is 6.99. The zero-order chi connectivity index (χ0) is 24.0. The van der Waals surface area contributed by atoms with Gasteiger partial charge in [0.25, 0.3) is 11.8 Å². The molecule has 1 fully saturated rings. The minimum absolute atomic E-state index is 0.161. The second-order valence-electron chi connectivity index (χ2n) is 9.55. The summed E-state index contributed by atoms with van der Waals surface area (Å²) in [5.74, 6) is -1.08. The average molecular weight is 604 g/mol. The van der Waals surface area contributed by atoms with Gasteiger partial charge in [0.1, 0.15) is 11.1 Å². The number of thiophene rings is 1. The summed E-state index contributed by atoms with van der Waals surface area (Å²) in [6, 6.07) is 5.65. The van der Waals surface area contributed by atoms with Crippen LogP contribution in [-0.4, -0.2) is 43.4 Å². The zero-order valence-electron chi connectivity index (χ0n) is 18.9. The van der Waals surface area contributed by atoms with Gasteiger partial charge in [-0.1, -0.05) is 25.4 Å². The van der Waals surface area contributed by atoms with Crippen LogP contribution >= 0.6 is 45.5 Å². The molecule has 10 heteroatoms. The number of ether oxygens (including phenoxy) is 2. The highest BCUT2D eigenvalue weighted by Gasteiger charge is 2.36. The number of fused-ring (bicyclic) bond motifs is 1. The third-order valence-corrected chi connectivity index (χ3v) is 7.69. The lowest BCUT2D eigenvalue weighted by atomic mass is 9.85. The van der Waals surface area contributed by atoms with Crippen molar-refractivity contribution in [1.82, 2.24) is 10.6 Å². The molecule has 1 unspecified atom stereocenters. The van der Waals surface area contributed by atoms with E-state index in [0.717, 1.165) is 9.13 Å². The summed E-state index contributed by atoms with van der Waals surface area (Å²) < 4.78 is 12.4. The van der Waals surface area contributed by atoms with Gasteiger partial charge in [0, 0.05) is 16.7 Å². The van der Waals surface area contributed by atoms with Crippen LogP contribution in [0.4, 0.5) is 10.7 Å². The van der Waals surface area contributed by atoms with Crippen molar-refractivity contribution in [3.63, 3.8) is 0 Å². The van der Waals surface area contributed by atoms with Crippen LogP contribution in [0, 0.1) is 8.99 Å². The first kappa shape index (κ1) is 24.7. The van der Waals surface area contributed by atoms with E-state index in [2.05, 4.69) is 52.4 Å². The van der Waals surface area contributed by atoms with Crippen LogP contribution in [0.3, 0.4) is 0 Å². The van der Waals surface area contributed by atoms with Gasteiger partial charge >= 0.3 is 0 Å². The van der Waals surface area contributed by atoms with Gasteiger partial charge in [-0.2, -0.15) is 0 Å². The van der Waals surface area contributed by atoms with E-state index < -0.39 is 5.79 Å². The molecule has 2 amide bonds. The third-order valence-electron chi connectivity index (χ3n) is 5.56. The molecule has 0 spiro atoms. The summed E-state index contributed by atoms with van der Waals surface area (Å²) in [7, 11) is 0. The maximum atomic E-state index is 13.5. The van der Waals surface area contributed by atoms with Gasteiger partial charge < -0.3 is 25.4 Å². The number of carbonyl (C=O) groups is 2. The van der Waals surface area contributed by atoms with Gasteiger partial charge in [-0.3, -0.25) is 9.59 Å². The monoisotopic (exact) mass is 603 g/mol. The summed E-state index contributed by atoms with van der Waals surface area (Å²) in [5.41, 5.74) is 1.72. The lowest BCUT2D eigenvalue weighted by Crippen LogP contribution is -2.35. The van der Waals surface area contributed by atoms with Crippen LogP contribution in [0.2, 0.25) is 5.02 Å². The Morgan fingerprint density at radius 2 is 2.09 bits per heavy atom. The highest BCUT2D eigenvalue weighted by Crippen LogP contribution is 2.41. The SMILES string of the molecule is CC1(C)CNC(=O)c2sc(Nc3ccc(I)cc3Cl)c(C(=O)NCC3COC(C)(C)O3)c2C1. The first-order valence-corrected chi connectivity index (χ1v) is 13.0. The minimum Gasteiger partial charge on any atom is -0.351 e. The fraction of sp³-hybridized carbons (Fsp3) is 0.478. The van der Waals surface area contributed by atoms with Crippen molar-refractivity contribution in [3.05, 3.63) is 42.8 Å². The molecule has 0 aliphatic carbocycles. The fourth-order valence-corrected chi connectivity index (χ4v) is 6.01. The van der Waals surface area contributed by atoms with Crippen molar-refractivity contribution in [2.45, 2.75) is 46.0 Å². The molecular formula is C23H27ClIN3O4S. The number of rotatable bonds is 5. The number of halogens is 2. The van der Waals surface area contributed by atoms with Crippen LogP contribution in [0.25, 0.3) is 0 Å². The van der Waals surface area contributed by atoms with Gasteiger partial charge in [-0.05, 0) is 72.0 Å². The molecule has 3 N–H and O–H groups in total. The van der Waals surface area contributed by atoms with Crippen molar-refractivity contribution in [1.29, 1.82) is 0 Å². The van der Waals surface area contributed by atoms with Crippen molar-refractivity contribution < 1.29 is 19.1 Å². The maximum absolute atomic E-state index is 13.5. The van der Waals surface area contributed by atoms with Crippen molar-refractivity contribution in [2.24, 2.45) is 5.41 Å². The number of nitrogens with one attached hydrogen (secondary N) is 3. The second-order valence-corrected chi connectivity index (χ2v) is 12.2. The van der Waals surface area contributed by atoms with Crippen LogP contribution in [0.1, 0.15) is 53.3 Å². The van der Waals surface area contributed by atoms with Crippen LogP contribution in [0.5, 0.6) is 0 Å². The highest BCUT2D eigenvalue weighted by molar-refractivity contribution is 14.1. The topological polar surface area (TPSA) is 88.7 Å². The minimum atomic E-state index is -0.661. The Labute approximate surface area is 216 Å². The van der Waals surface area contributed by atoms with E-state index in [1.807, 2.05) is 32.0 Å². The molecule has 33 heavy (non-hydrogen) atoms. The van der Waals surface area contributed by atoms with Gasteiger partial charge in [0.2, 0.25) is 0 Å². The number of amides is 2. The molecule has 2 aliphatic rings. The number of hydrogen-bond acceptors (Lipinski definition) is 6. The van der Waals surface area contributed by atoms with Gasteiger partial charge in [0.05, 0.1) is 27.8 Å². The molecule has 0 bridgehead atoms. The normalized spacial score (nSPS) is 21.2. The molecule has 1 aromatic heterocycles. The first-order chi connectivity index (χ1) is 15.4. The van der Waals surface area contributed by atoms with Crippen molar-refractivity contribution >= 4 is 68.0 Å². The summed E-state index contributed by atoms with van der Waals surface area (Å²) in [5, 5.41) is 10.4. The second kappa shape index (κ2) is 9.33. The lowest BCUT2D eigenvalue weighted by Gasteiger charge is -2.23. The third kappa shape index (κ3) is 5.64. The summed E-state index contributed by atoms with van der Waals surface area (Å²) in [6.45, 7) is 9.12. The molecular weight excluding hydrogens is 577 g/mol. The Morgan fingerprint density at radius 3 is 2.76 bits per heavy atom. The predicted octanol–water partition coefficient (Wildman–Crippen LogP) is 4.94. The quantitative estimate of drug-likeness (QED) is 0.422. The smallest absolute Gasteiger partial charge is 0.261 e. The van der Waals surface area contributed by atoms with Crippen molar-refractivity contribution in [3.8, 4) is 0 Å². The largest absolute Gasteiger partial charge is 0.351 e.